The second kappa shape index (κ2) is 7.09. The van der Waals surface area contributed by atoms with Crippen LogP contribution >= 0.6 is 11.6 Å². The lowest BCUT2D eigenvalue weighted by Gasteiger charge is -2.32. The van der Waals surface area contributed by atoms with E-state index in [4.69, 9.17) is 16.3 Å². The van der Waals surface area contributed by atoms with Gasteiger partial charge >= 0.3 is 0 Å². The number of hydrogen-bond acceptors (Lipinski definition) is 3. The van der Waals surface area contributed by atoms with Crippen LogP contribution in [-0.2, 0) is 11.3 Å². The number of ether oxygens (including phenoxy) is 1. The number of carbonyl (C=O) groups is 1. The van der Waals surface area contributed by atoms with Gasteiger partial charge in [-0.1, -0.05) is 18.5 Å². The highest BCUT2D eigenvalue weighted by Crippen LogP contribution is 2.21. The lowest BCUT2D eigenvalue weighted by molar-refractivity contribution is 0.00173. The molecular weight excluding hydrogens is 278 g/mol. The van der Waals surface area contributed by atoms with Crippen molar-refractivity contribution in [1.29, 1.82) is 0 Å². The van der Waals surface area contributed by atoms with Gasteiger partial charge in [-0.15, -0.1) is 0 Å². The Morgan fingerprint density at radius 1 is 1.55 bits per heavy atom. The summed E-state index contributed by atoms with van der Waals surface area (Å²) in [6.45, 7) is 6.83. The molecule has 0 aromatic carbocycles. The van der Waals surface area contributed by atoms with Crippen LogP contribution in [0, 0.1) is 0 Å². The Bertz CT molecular complexity index is 461. The minimum Gasteiger partial charge on any atom is -0.376 e. The molecule has 1 atom stereocenters. The van der Waals surface area contributed by atoms with Crippen molar-refractivity contribution in [3.05, 3.63) is 16.9 Å². The molecular formula is C14H22ClN3O2. The number of rotatable bonds is 5. The van der Waals surface area contributed by atoms with E-state index < -0.39 is 0 Å². The quantitative estimate of drug-likeness (QED) is 0.839. The molecule has 0 N–H and O–H groups in total. The second-order valence-corrected chi connectivity index (χ2v) is 5.45. The number of aromatic nitrogens is 2. The third kappa shape index (κ3) is 3.33. The molecule has 112 valence electrons. The first-order valence-electron chi connectivity index (χ1n) is 7.29. The summed E-state index contributed by atoms with van der Waals surface area (Å²) in [4.78, 5) is 14.4. The van der Waals surface area contributed by atoms with Crippen molar-refractivity contribution in [1.82, 2.24) is 14.7 Å². The van der Waals surface area contributed by atoms with Crippen LogP contribution in [-0.4, -0.2) is 46.4 Å². The van der Waals surface area contributed by atoms with Gasteiger partial charge in [-0.25, -0.2) is 0 Å². The summed E-state index contributed by atoms with van der Waals surface area (Å²) in [6, 6.07) is 0. The lowest BCUT2D eigenvalue weighted by atomic mass is 10.1. The van der Waals surface area contributed by atoms with Gasteiger partial charge < -0.3 is 9.64 Å². The Balaban J connectivity index is 2.06. The molecule has 5 nitrogen and oxygen atoms in total. The maximum absolute atomic E-state index is 12.6. The van der Waals surface area contributed by atoms with Crippen molar-refractivity contribution in [2.45, 2.75) is 45.8 Å². The largest absolute Gasteiger partial charge is 0.376 e. The lowest BCUT2D eigenvalue weighted by Crippen LogP contribution is -2.44. The molecule has 0 spiro atoms. The molecule has 1 saturated heterocycles. The number of aryl methyl sites for hydroxylation is 1. The number of halogens is 1. The molecule has 1 amide bonds. The van der Waals surface area contributed by atoms with E-state index in [9.17, 15) is 4.79 Å². The molecule has 2 heterocycles. The average molecular weight is 300 g/mol. The van der Waals surface area contributed by atoms with E-state index in [1.165, 1.54) is 6.20 Å². The van der Waals surface area contributed by atoms with Gasteiger partial charge in [0, 0.05) is 26.2 Å². The number of nitrogens with zero attached hydrogens (tertiary/aromatic N) is 3. The first kappa shape index (κ1) is 15.3. The molecule has 0 saturated carbocycles. The average Bonchev–Trinajstić information content (AvgIpc) is 2.85. The minimum atomic E-state index is -0.0425. The normalized spacial score (nSPS) is 19.4. The minimum absolute atomic E-state index is 0.0425. The van der Waals surface area contributed by atoms with Gasteiger partial charge in [0.05, 0.1) is 17.3 Å². The van der Waals surface area contributed by atoms with Crippen LogP contribution in [0.2, 0.25) is 5.02 Å². The number of amides is 1. The summed E-state index contributed by atoms with van der Waals surface area (Å²) < 4.78 is 7.42. The highest BCUT2D eigenvalue weighted by Gasteiger charge is 2.28. The van der Waals surface area contributed by atoms with Crippen molar-refractivity contribution in [2.75, 3.05) is 19.7 Å². The fourth-order valence-corrected chi connectivity index (χ4v) is 2.73. The SMILES string of the molecule is CCCO[C@H]1CCCN(C(=O)c2c(Cl)cnn2CC)C1. The third-order valence-corrected chi connectivity index (χ3v) is 3.80. The van der Waals surface area contributed by atoms with E-state index in [2.05, 4.69) is 12.0 Å². The maximum Gasteiger partial charge on any atom is 0.273 e. The Morgan fingerprint density at radius 3 is 3.05 bits per heavy atom. The van der Waals surface area contributed by atoms with Gasteiger partial charge in [-0.3, -0.25) is 9.48 Å². The molecule has 6 heteroatoms. The molecule has 0 aliphatic carbocycles. The van der Waals surface area contributed by atoms with Gasteiger partial charge in [0.15, 0.2) is 0 Å². The van der Waals surface area contributed by atoms with E-state index in [1.807, 2.05) is 11.8 Å². The Kier molecular flexibility index (Phi) is 5.43. The topological polar surface area (TPSA) is 47.4 Å². The van der Waals surface area contributed by atoms with Gasteiger partial charge in [0.25, 0.3) is 5.91 Å². The van der Waals surface area contributed by atoms with Crippen LogP contribution in [0.1, 0.15) is 43.6 Å². The summed E-state index contributed by atoms with van der Waals surface area (Å²) >= 11 is 6.10. The van der Waals surface area contributed by atoms with Crippen LogP contribution in [0.3, 0.4) is 0 Å². The molecule has 1 aliphatic heterocycles. The molecule has 0 radical (unpaired) electrons. The van der Waals surface area contributed by atoms with E-state index in [0.717, 1.165) is 32.4 Å². The fraction of sp³-hybridized carbons (Fsp3) is 0.714. The van der Waals surface area contributed by atoms with Crippen molar-refractivity contribution in [3.63, 3.8) is 0 Å². The summed E-state index contributed by atoms with van der Waals surface area (Å²) in [6.07, 6.45) is 4.67. The monoisotopic (exact) mass is 299 g/mol. The number of carbonyl (C=O) groups excluding carboxylic acids is 1. The predicted molar refractivity (Wildman–Crippen MR) is 78.1 cm³/mol. The zero-order valence-corrected chi connectivity index (χ0v) is 12.9. The summed E-state index contributed by atoms with van der Waals surface area (Å²) in [7, 11) is 0. The third-order valence-electron chi connectivity index (χ3n) is 3.52. The van der Waals surface area contributed by atoms with Crippen LogP contribution in [0.5, 0.6) is 0 Å². The molecule has 0 unspecified atom stereocenters. The highest BCUT2D eigenvalue weighted by atomic mass is 35.5. The van der Waals surface area contributed by atoms with Gasteiger partial charge in [0.1, 0.15) is 5.69 Å². The summed E-state index contributed by atoms with van der Waals surface area (Å²) in [5, 5.41) is 4.55. The molecule has 1 aromatic rings. The smallest absolute Gasteiger partial charge is 0.273 e. The predicted octanol–water partition coefficient (Wildman–Crippen LogP) is 2.59. The number of likely N-dealkylation sites (tertiary alicyclic amines) is 1. The number of hydrogen-bond donors (Lipinski definition) is 0. The Labute approximate surface area is 124 Å². The molecule has 1 fully saturated rings. The van der Waals surface area contributed by atoms with Crippen LogP contribution in [0.4, 0.5) is 0 Å². The van der Waals surface area contributed by atoms with Crippen molar-refractivity contribution < 1.29 is 9.53 Å². The van der Waals surface area contributed by atoms with Crippen LogP contribution < -0.4 is 0 Å². The Morgan fingerprint density at radius 2 is 2.35 bits per heavy atom. The van der Waals surface area contributed by atoms with Gasteiger partial charge in [-0.2, -0.15) is 5.10 Å². The standard InChI is InChI=1S/C14H22ClN3O2/c1-3-8-20-11-6-5-7-17(10-11)14(19)13-12(15)9-16-18(13)4-2/h9,11H,3-8,10H2,1-2H3/t11-/m0/s1. The van der Waals surface area contributed by atoms with Crippen molar-refractivity contribution in [3.8, 4) is 0 Å². The molecule has 2 rings (SSSR count). The van der Waals surface area contributed by atoms with E-state index in [0.29, 0.717) is 23.8 Å². The zero-order valence-electron chi connectivity index (χ0n) is 12.1. The molecule has 0 bridgehead atoms. The van der Waals surface area contributed by atoms with E-state index in [-0.39, 0.29) is 12.0 Å². The Hall–Kier alpha value is -1.07. The molecule has 1 aliphatic rings. The van der Waals surface area contributed by atoms with Crippen LogP contribution in [0.25, 0.3) is 0 Å². The van der Waals surface area contributed by atoms with Gasteiger partial charge in [-0.05, 0) is 26.2 Å². The van der Waals surface area contributed by atoms with E-state index in [1.54, 1.807) is 4.68 Å². The van der Waals surface area contributed by atoms with E-state index >= 15 is 0 Å². The number of piperidine rings is 1. The maximum atomic E-state index is 12.6. The second-order valence-electron chi connectivity index (χ2n) is 5.04. The van der Waals surface area contributed by atoms with Crippen LogP contribution in [0.15, 0.2) is 6.20 Å². The zero-order chi connectivity index (χ0) is 14.5. The first-order chi connectivity index (χ1) is 9.67. The van der Waals surface area contributed by atoms with Crippen molar-refractivity contribution >= 4 is 17.5 Å². The van der Waals surface area contributed by atoms with Crippen molar-refractivity contribution in [2.24, 2.45) is 0 Å². The molecule has 20 heavy (non-hydrogen) atoms. The highest BCUT2D eigenvalue weighted by molar-refractivity contribution is 6.33. The summed E-state index contributed by atoms with van der Waals surface area (Å²) in [5.74, 6) is -0.0425. The fourth-order valence-electron chi connectivity index (χ4n) is 2.51. The first-order valence-corrected chi connectivity index (χ1v) is 7.67. The molecule has 1 aromatic heterocycles. The van der Waals surface area contributed by atoms with Gasteiger partial charge in [0.2, 0.25) is 0 Å². The summed E-state index contributed by atoms with van der Waals surface area (Å²) in [5.41, 5.74) is 0.491.